The maximum atomic E-state index is 10.9. The van der Waals surface area contributed by atoms with Gasteiger partial charge in [0.25, 0.3) is 0 Å². The second-order valence-electron chi connectivity index (χ2n) is 3.18. The molecule has 5 heteroatoms. The minimum Gasteiger partial charge on any atom is -0.253 e. The van der Waals surface area contributed by atoms with E-state index in [1.807, 2.05) is 26.0 Å². The van der Waals surface area contributed by atoms with Gasteiger partial charge in [0.1, 0.15) is 5.52 Å². The van der Waals surface area contributed by atoms with Gasteiger partial charge >= 0.3 is 5.37 Å². The molecule has 0 fully saturated rings. The molecule has 2 aromatic rings. The van der Waals surface area contributed by atoms with E-state index in [1.165, 1.54) is 0 Å². The molecule has 0 spiro atoms. The summed E-state index contributed by atoms with van der Waals surface area (Å²) >= 11 is 5.34. The Labute approximate surface area is 85.5 Å². The maximum Gasteiger partial charge on any atom is 0.342 e. The fourth-order valence-electron chi connectivity index (χ4n) is 1.31. The van der Waals surface area contributed by atoms with Crippen molar-refractivity contribution in [2.75, 3.05) is 0 Å². The summed E-state index contributed by atoms with van der Waals surface area (Å²) in [6.07, 6.45) is 0. The largest absolute Gasteiger partial charge is 0.342 e. The van der Waals surface area contributed by atoms with E-state index < -0.39 is 5.37 Å². The van der Waals surface area contributed by atoms with Gasteiger partial charge in [-0.1, -0.05) is 5.21 Å². The Kier molecular flexibility index (Phi) is 2.00. The Morgan fingerprint density at radius 1 is 1.36 bits per heavy atom. The fourth-order valence-corrected chi connectivity index (χ4v) is 1.43. The number of rotatable bonds is 0. The Bertz CT molecular complexity index is 518. The van der Waals surface area contributed by atoms with E-state index in [0.717, 1.165) is 15.8 Å². The van der Waals surface area contributed by atoms with Crippen molar-refractivity contribution in [2.24, 2.45) is 0 Å². The Balaban J connectivity index is 2.80. The molecule has 0 N–H and O–H groups in total. The molecule has 0 aliphatic rings. The lowest BCUT2D eigenvalue weighted by atomic mass is 10.1. The highest BCUT2D eigenvalue weighted by Crippen LogP contribution is 2.17. The van der Waals surface area contributed by atoms with Gasteiger partial charge in [0, 0.05) is 0 Å². The van der Waals surface area contributed by atoms with Gasteiger partial charge in [-0.3, -0.25) is 4.79 Å². The molecular weight excluding hydrogens is 202 g/mol. The van der Waals surface area contributed by atoms with Gasteiger partial charge in [0.05, 0.1) is 5.52 Å². The first-order valence-electron chi connectivity index (χ1n) is 4.12. The highest BCUT2D eigenvalue weighted by Gasteiger charge is 2.10. The van der Waals surface area contributed by atoms with Crippen LogP contribution in [0.25, 0.3) is 11.0 Å². The minimum absolute atomic E-state index is 0.643. The molecule has 1 heterocycles. The average molecular weight is 210 g/mol. The molecule has 0 atom stereocenters. The normalized spacial score (nSPS) is 10.8. The van der Waals surface area contributed by atoms with Crippen molar-refractivity contribution in [1.29, 1.82) is 0 Å². The number of fused-ring (bicyclic) bond motifs is 1. The summed E-state index contributed by atoms with van der Waals surface area (Å²) in [7, 11) is 0. The van der Waals surface area contributed by atoms with Crippen LogP contribution in [0, 0.1) is 13.8 Å². The fraction of sp³-hybridized carbons (Fsp3) is 0.222. The number of carbonyl (C=O) groups excluding carboxylic acids is 1. The molecule has 0 saturated carbocycles. The Morgan fingerprint density at radius 3 is 2.64 bits per heavy atom. The number of carbonyl (C=O) groups is 1. The topological polar surface area (TPSA) is 47.8 Å². The third kappa shape index (κ3) is 1.28. The van der Waals surface area contributed by atoms with Gasteiger partial charge in [0.15, 0.2) is 0 Å². The summed E-state index contributed by atoms with van der Waals surface area (Å²) in [6, 6.07) is 3.74. The summed E-state index contributed by atoms with van der Waals surface area (Å²) in [5.74, 6) is 0. The first-order chi connectivity index (χ1) is 6.59. The molecule has 72 valence electrons. The third-order valence-corrected chi connectivity index (χ3v) is 2.39. The lowest BCUT2D eigenvalue weighted by molar-refractivity contribution is 0.259. The highest BCUT2D eigenvalue weighted by atomic mass is 35.5. The molecule has 2 rings (SSSR count). The van der Waals surface area contributed by atoms with Crippen LogP contribution in [0.2, 0.25) is 0 Å². The van der Waals surface area contributed by atoms with Crippen molar-refractivity contribution in [3.05, 3.63) is 23.3 Å². The SMILES string of the molecule is Cc1cc2nnn(C(=O)Cl)c2cc1C. The first-order valence-corrected chi connectivity index (χ1v) is 4.50. The molecular formula is C9H8ClN3O. The maximum absolute atomic E-state index is 10.9. The summed E-state index contributed by atoms with van der Waals surface area (Å²) in [4.78, 5) is 10.9. The van der Waals surface area contributed by atoms with Gasteiger partial charge in [-0.2, -0.15) is 4.68 Å². The Hall–Kier alpha value is -1.42. The van der Waals surface area contributed by atoms with Crippen LogP contribution < -0.4 is 0 Å². The zero-order valence-electron chi connectivity index (χ0n) is 7.78. The monoisotopic (exact) mass is 209 g/mol. The molecule has 1 aromatic carbocycles. The van der Waals surface area contributed by atoms with E-state index in [1.54, 1.807) is 0 Å². The highest BCUT2D eigenvalue weighted by molar-refractivity contribution is 6.63. The van der Waals surface area contributed by atoms with E-state index in [9.17, 15) is 4.79 Å². The second kappa shape index (κ2) is 3.06. The van der Waals surface area contributed by atoms with Gasteiger partial charge in [-0.25, -0.2) is 0 Å². The molecule has 0 aliphatic carbocycles. The van der Waals surface area contributed by atoms with Crippen molar-refractivity contribution >= 4 is 28.0 Å². The third-order valence-electron chi connectivity index (χ3n) is 2.23. The van der Waals surface area contributed by atoms with Crippen LogP contribution in [-0.2, 0) is 0 Å². The molecule has 0 amide bonds. The Morgan fingerprint density at radius 2 is 2.00 bits per heavy atom. The number of hydrogen-bond acceptors (Lipinski definition) is 3. The lowest BCUT2D eigenvalue weighted by Crippen LogP contribution is -2.03. The van der Waals surface area contributed by atoms with Crippen LogP contribution >= 0.6 is 11.6 Å². The summed E-state index contributed by atoms with van der Waals surface area (Å²) in [5.41, 5.74) is 3.53. The molecule has 0 aliphatic heterocycles. The van der Waals surface area contributed by atoms with Crippen LogP contribution in [0.1, 0.15) is 11.1 Å². The number of hydrogen-bond donors (Lipinski definition) is 0. The zero-order chi connectivity index (χ0) is 10.3. The van der Waals surface area contributed by atoms with Gasteiger partial charge in [-0.05, 0) is 48.7 Å². The van der Waals surface area contributed by atoms with Gasteiger partial charge in [-0.15, -0.1) is 5.10 Å². The second-order valence-corrected chi connectivity index (χ2v) is 3.50. The molecule has 0 bridgehead atoms. The van der Waals surface area contributed by atoms with Gasteiger partial charge in [0.2, 0.25) is 0 Å². The minimum atomic E-state index is -0.643. The molecule has 0 unspecified atom stereocenters. The predicted octanol–water partition coefficient (Wildman–Crippen LogP) is 2.26. The van der Waals surface area contributed by atoms with Crippen molar-refractivity contribution in [2.45, 2.75) is 13.8 Å². The van der Waals surface area contributed by atoms with Crippen molar-refractivity contribution in [3.63, 3.8) is 0 Å². The number of halogens is 1. The molecule has 0 radical (unpaired) electrons. The van der Waals surface area contributed by atoms with Crippen molar-refractivity contribution in [3.8, 4) is 0 Å². The van der Waals surface area contributed by atoms with Crippen LogP contribution in [0.5, 0.6) is 0 Å². The lowest BCUT2D eigenvalue weighted by Gasteiger charge is -1.99. The van der Waals surface area contributed by atoms with Crippen LogP contribution in [0.4, 0.5) is 4.79 Å². The van der Waals surface area contributed by atoms with Crippen LogP contribution in [0.15, 0.2) is 12.1 Å². The summed E-state index contributed by atoms with van der Waals surface area (Å²) in [6.45, 7) is 3.95. The number of nitrogens with zero attached hydrogens (tertiary/aromatic N) is 3. The van der Waals surface area contributed by atoms with Crippen molar-refractivity contribution < 1.29 is 4.79 Å². The van der Waals surface area contributed by atoms with E-state index in [2.05, 4.69) is 10.3 Å². The van der Waals surface area contributed by atoms with E-state index >= 15 is 0 Å². The van der Waals surface area contributed by atoms with Crippen molar-refractivity contribution in [1.82, 2.24) is 15.0 Å². The van der Waals surface area contributed by atoms with Crippen LogP contribution in [-0.4, -0.2) is 20.4 Å². The molecule has 0 saturated heterocycles. The summed E-state index contributed by atoms with van der Waals surface area (Å²) in [5, 5.41) is 6.87. The standard InChI is InChI=1S/C9H8ClN3O/c1-5-3-7-8(4-6(5)2)13(9(10)14)12-11-7/h3-4H,1-2H3. The summed E-state index contributed by atoms with van der Waals surface area (Å²) < 4.78 is 1.09. The van der Waals surface area contributed by atoms with E-state index in [-0.39, 0.29) is 0 Å². The predicted molar refractivity (Wildman–Crippen MR) is 53.6 cm³/mol. The van der Waals surface area contributed by atoms with Crippen LogP contribution in [0.3, 0.4) is 0 Å². The molecule has 4 nitrogen and oxygen atoms in total. The molecule has 1 aromatic heterocycles. The smallest absolute Gasteiger partial charge is 0.253 e. The molecule has 14 heavy (non-hydrogen) atoms. The number of aryl methyl sites for hydroxylation is 2. The zero-order valence-corrected chi connectivity index (χ0v) is 8.54. The number of benzene rings is 1. The first kappa shape index (κ1) is 9.15. The number of aromatic nitrogens is 3. The van der Waals surface area contributed by atoms with Gasteiger partial charge < -0.3 is 0 Å². The average Bonchev–Trinajstić information content (AvgIpc) is 2.48. The van der Waals surface area contributed by atoms with E-state index in [4.69, 9.17) is 11.6 Å². The quantitative estimate of drug-likeness (QED) is 0.626. The van der Waals surface area contributed by atoms with E-state index in [0.29, 0.717) is 11.0 Å².